The normalized spacial score (nSPS) is 18.5. The van der Waals surface area contributed by atoms with Gasteiger partial charge in [-0.2, -0.15) is 12.1 Å². The van der Waals surface area contributed by atoms with Crippen LogP contribution in [0.15, 0.2) is 23.2 Å². The maximum atomic E-state index is 10.7. The van der Waals surface area contributed by atoms with Crippen molar-refractivity contribution in [3.8, 4) is 0 Å². The van der Waals surface area contributed by atoms with Gasteiger partial charge in [0.25, 0.3) is 0 Å². The van der Waals surface area contributed by atoms with E-state index >= 15 is 0 Å². The predicted octanol–water partition coefficient (Wildman–Crippen LogP) is 2.21. The van der Waals surface area contributed by atoms with Crippen LogP contribution in [0.2, 0.25) is 0 Å². The molecule has 0 fully saturated rings. The number of carbonyl (C=O) groups is 1. The molecule has 2 rings (SSSR count). The number of aryl methyl sites for hydroxylation is 1. The van der Waals surface area contributed by atoms with E-state index in [-0.39, 0.29) is 32.7 Å². The van der Waals surface area contributed by atoms with Gasteiger partial charge in [0.2, 0.25) is 0 Å². The molecular formula is C13H11NO2SY-2. The predicted molar refractivity (Wildman–Crippen MR) is 69.0 cm³/mol. The van der Waals surface area contributed by atoms with Crippen LogP contribution in [0.25, 0.3) is 6.08 Å². The molecular weight excluding hydrogens is 323 g/mol. The van der Waals surface area contributed by atoms with Gasteiger partial charge in [-0.1, -0.05) is 6.92 Å². The molecule has 1 aliphatic rings. The van der Waals surface area contributed by atoms with Crippen molar-refractivity contribution in [2.75, 3.05) is 5.75 Å². The second kappa shape index (κ2) is 7.22. The van der Waals surface area contributed by atoms with Gasteiger partial charge >= 0.3 is 5.97 Å². The number of nitrogens with zero attached hydrogens (tertiary/aromatic N) is 1. The zero-order valence-electron chi connectivity index (χ0n) is 9.88. The zero-order valence-corrected chi connectivity index (χ0v) is 13.5. The summed E-state index contributed by atoms with van der Waals surface area (Å²) in [5, 5.41) is 9.43. The van der Waals surface area contributed by atoms with Gasteiger partial charge in [-0.05, 0) is 5.04 Å². The minimum Gasteiger partial charge on any atom is -0.480 e. The van der Waals surface area contributed by atoms with E-state index in [0.717, 1.165) is 11.1 Å². The molecule has 0 amide bonds. The maximum Gasteiger partial charge on any atom is 0.329 e. The van der Waals surface area contributed by atoms with Gasteiger partial charge in [-0.25, -0.2) is 16.9 Å². The molecule has 0 spiro atoms. The van der Waals surface area contributed by atoms with Crippen molar-refractivity contribution in [1.29, 1.82) is 0 Å². The monoisotopic (exact) mass is 334 g/mol. The summed E-state index contributed by atoms with van der Waals surface area (Å²) in [7, 11) is 0. The van der Waals surface area contributed by atoms with Crippen molar-refractivity contribution in [2.24, 2.45) is 4.99 Å². The van der Waals surface area contributed by atoms with Crippen LogP contribution in [0.4, 0.5) is 0 Å². The van der Waals surface area contributed by atoms with E-state index in [1.54, 1.807) is 6.08 Å². The third-order valence-corrected chi connectivity index (χ3v) is 3.26. The molecule has 0 aromatic heterocycles. The molecule has 3 nitrogen and oxygen atoms in total. The number of aliphatic imine (C=N–C) groups is 1. The molecule has 0 aliphatic carbocycles. The Morgan fingerprint density at radius 3 is 3.00 bits per heavy atom. The van der Waals surface area contributed by atoms with Crippen LogP contribution >= 0.6 is 11.8 Å². The van der Waals surface area contributed by atoms with E-state index in [2.05, 4.69) is 17.1 Å². The van der Waals surface area contributed by atoms with E-state index < -0.39 is 12.0 Å². The summed E-state index contributed by atoms with van der Waals surface area (Å²) in [5.74, 6) is -0.389. The largest absolute Gasteiger partial charge is 0.480 e. The first-order chi connectivity index (χ1) is 8.15. The summed E-state index contributed by atoms with van der Waals surface area (Å²) in [6, 6.07) is 8.30. The summed E-state index contributed by atoms with van der Waals surface area (Å²) in [4.78, 5) is 14.7. The number of hydrogen-bond acceptors (Lipinski definition) is 3. The van der Waals surface area contributed by atoms with Gasteiger partial charge in [0.15, 0.2) is 6.04 Å². The van der Waals surface area contributed by atoms with Crippen molar-refractivity contribution in [1.82, 2.24) is 0 Å². The fraction of sp³-hybridized carbons (Fsp3) is 0.231. The molecule has 1 aromatic carbocycles. The SMILES string of the molecule is Cc1c[c-]c(C=[C-]C2=N[C@@H](C(=O)O)CS2)cc1.[Y]. The Kier molecular flexibility index (Phi) is 6.26. The van der Waals surface area contributed by atoms with Crippen LogP contribution in [-0.4, -0.2) is 27.9 Å². The fourth-order valence-corrected chi connectivity index (χ4v) is 2.20. The molecule has 0 unspecified atom stereocenters. The van der Waals surface area contributed by atoms with Crippen LogP contribution in [0, 0.1) is 19.1 Å². The standard InChI is InChI=1S/C13H11NO2S.Y/c1-9-2-4-10(5-3-9)6-7-12-14-11(8-17-12)13(15)16;/h2-4,6,11H,8H2,1H3,(H,15,16);/q-2;/t11-;/m1./s1. The van der Waals surface area contributed by atoms with Crippen molar-refractivity contribution in [3.05, 3.63) is 41.5 Å². The molecule has 18 heavy (non-hydrogen) atoms. The average molecular weight is 334 g/mol. The molecule has 1 aliphatic heterocycles. The van der Waals surface area contributed by atoms with Crippen LogP contribution in [0.3, 0.4) is 0 Å². The third-order valence-electron chi connectivity index (χ3n) is 2.28. The van der Waals surface area contributed by atoms with E-state index in [0.29, 0.717) is 10.8 Å². The first kappa shape index (κ1) is 15.6. The van der Waals surface area contributed by atoms with Gasteiger partial charge in [-0.15, -0.1) is 17.3 Å². The molecule has 91 valence electrons. The summed E-state index contributed by atoms with van der Waals surface area (Å²) in [6.07, 6.45) is 4.77. The maximum absolute atomic E-state index is 10.7. The molecule has 1 N–H and O–H groups in total. The number of thioether (sulfide) groups is 1. The molecule has 1 heterocycles. The van der Waals surface area contributed by atoms with Crippen LogP contribution in [-0.2, 0) is 37.5 Å². The second-order valence-corrected chi connectivity index (χ2v) is 4.72. The fourth-order valence-electron chi connectivity index (χ4n) is 1.32. The van der Waals surface area contributed by atoms with Crippen molar-refractivity contribution in [3.63, 3.8) is 0 Å². The van der Waals surface area contributed by atoms with Gasteiger partial charge in [0, 0.05) is 38.5 Å². The van der Waals surface area contributed by atoms with E-state index in [1.807, 2.05) is 25.1 Å². The molecule has 0 saturated heterocycles. The van der Waals surface area contributed by atoms with E-state index in [4.69, 9.17) is 5.11 Å². The van der Waals surface area contributed by atoms with Crippen LogP contribution < -0.4 is 0 Å². The summed E-state index contributed by atoms with van der Waals surface area (Å²) in [6.45, 7) is 2.00. The van der Waals surface area contributed by atoms with E-state index in [1.165, 1.54) is 11.8 Å². The van der Waals surface area contributed by atoms with Crippen molar-refractivity contribution < 1.29 is 42.6 Å². The molecule has 1 radical (unpaired) electrons. The van der Waals surface area contributed by atoms with Gasteiger partial charge in [0.05, 0.1) is 0 Å². The number of carboxylic acid groups (broad SMARTS) is 1. The Bertz CT molecular complexity index is 482. The van der Waals surface area contributed by atoms with Crippen molar-refractivity contribution in [2.45, 2.75) is 13.0 Å². The number of rotatable bonds is 3. The average Bonchev–Trinajstić information content (AvgIpc) is 2.77. The third kappa shape index (κ3) is 4.34. The van der Waals surface area contributed by atoms with E-state index in [9.17, 15) is 4.79 Å². The molecule has 1 atom stereocenters. The van der Waals surface area contributed by atoms with Crippen molar-refractivity contribution >= 4 is 28.9 Å². The Labute approximate surface area is 136 Å². The van der Waals surface area contributed by atoms with Crippen LogP contribution in [0.1, 0.15) is 11.1 Å². The zero-order chi connectivity index (χ0) is 12.3. The number of carboxylic acids is 1. The molecule has 5 heteroatoms. The summed E-state index contributed by atoms with van der Waals surface area (Å²) in [5.41, 5.74) is 2.07. The minimum atomic E-state index is -0.879. The van der Waals surface area contributed by atoms with Crippen LogP contribution in [0.5, 0.6) is 0 Å². The first-order valence-corrected chi connectivity index (χ1v) is 6.15. The number of aliphatic carboxylic acids is 1. The Morgan fingerprint density at radius 1 is 1.67 bits per heavy atom. The Hall–Kier alpha value is -0.446. The summed E-state index contributed by atoms with van der Waals surface area (Å²) >= 11 is 1.41. The topological polar surface area (TPSA) is 49.7 Å². The minimum absolute atomic E-state index is 0. The molecule has 1 aromatic rings. The first-order valence-electron chi connectivity index (χ1n) is 5.16. The summed E-state index contributed by atoms with van der Waals surface area (Å²) < 4.78 is 0. The Morgan fingerprint density at radius 2 is 2.44 bits per heavy atom. The number of hydrogen-bond donors (Lipinski definition) is 1. The smallest absolute Gasteiger partial charge is 0.329 e. The van der Waals surface area contributed by atoms with Gasteiger partial charge < -0.3 is 16.7 Å². The second-order valence-electron chi connectivity index (χ2n) is 3.71. The quantitative estimate of drug-likeness (QED) is 0.863. The van der Waals surface area contributed by atoms with Gasteiger partial charge in [-0.3, -0.25) is 11.1 Å². The Balaban J connectivity index is 0.00000162. The molecule has 0 saturated carbocycles. The number of benzene rings is 1. The molecule has 0 bridgehead atoms. The van der Waals surface area contributed by atoms with Gasteiger partial charge in [0.1, 0.15) is 0 Å².